The fourth-order valence-electron chi connectivity index (χ4n) is 3.71. The summed E-state index contributed by atoms with van der Waals surface area (Å²) in [7, 11) is 1.75. The van der Waals surface area contributed by atoms with Crippen molar-refractivity contribution >= 4 is 22.9 Å². The Morgan fingerprint density at radius 3 is 2.47 bits per heavy atom. The molecule has 0 saturated heterocycles. The van der Waals surface area contributed by atoms with Gasteiger partial charge in [0, 0.05) is 37.5 Å². The molecule has 0 aliphatic rings. The highest BCUT2D eigenvalue weighted by atomic mass is 19.4. The lowest BCUT2D eigenvalue weighted by molar-refractivity contribution is -0.137. The predicted octanol–water partition coefficient (Wildman–Crippen LogP) is 4.32. The minimum Gasteiger partial charge on any atom is -0.370 e. The molecule has 0 atom stereocenters. The molecule has 4 rings (SSSR count). The van der Waals surface area contributed by atoms with Crippen LogP contribution in [0, 0.1) is 5.82 Å². The maximum absolute atomic E-state index is 14.3. The first-order valence-electron chi connectivity index (χ1n) is 11.1. The zero-order valence-corrected chi connectivity index (χ0v) is 19.3. The van der Waals surface area contributed by atoms with E-state index in [2.05, 4.69) is 25.4 Å². The van der Waals surface area contributed by atoms with Gasteiger partial charge in [0.15, 0.2) is 11.6 Å². The molecule has 0 spiro atoms. The third-order valence-electron chi connectivity index (χ3n) is 5.51. The lowest BCUT2D eigenvalue weighted by Gasteiger charge is -2.10. The van der Waals surface area contributed by atoms with E-state index in [9.17, 15) is 17.6 Å². The number of nitrogens with zero attached hydrogens (tertiary/aromatic N) is 5. The second kappa shape index (κ2) is 10.2. The molecular formula is C24H24F4N8. The van der Waals surface area contributed by atoms with E-state index in [1.165, 1.54) is 0 Å². The smallest absolute Gasteiger partial charge is 0.370 e. The predicted molar refractivity (Wildman–Crippen MR) is 131 cm³/mol. The molecule has 0 unspecified atom stereocenters. The number of alkyl halides is 3. The van der Waals surface area contributed by atoms with Gasteiger partial charge in [-0.3, -0.25) is 4.99 Å². The van der Waals surface area contributed by atoms with Crippen molar-refractivity contribution in [3.63, 3.8) is 0 Å². The number of fused-ring (bicyclic) bond motifs is 1. The largest absolute Gasteiger partial charge is 0.416 e. The zero-order chi connectivity index (χ0) is 25.9. The molecule has 0 amide bonds. The lowest BCUT2D eigenvalue weighted by Crippen LogP contribution is -2.23. The van der Waals surface area contributed by atoms with Crippen LogP contribution >= 0.6 is 0 Å². The first-order chi connectivity index (χ1) is 17.1. The van der Waals surface area contributed by atoms with Crippen molar-refractivity contribution in [2.24, 2.45) is 23.5 Å². The van der Waals surface area contributed by atoms with E-state index in [0.29, 0.717) is 46.9 Å². The van der Waals surface area contributed by atoms with Gasteiger partial charge >= 0.3 is 6.18 Å². The molecule has 2 heterocycles. The Morgan fingerprint density at radius 2 is 1.78 bits per heavy atom. The summed E-state index contributed by atoms with van der Waals surface area (Å²) in [5.74, 6) is -0.209. The number of aromatic nitrogens is 4. The van der Waals surface area contributed by atoms with Crippen molar-refractivity contribution in [2.75, 3.05) is 18.4 Å². The summed E-state index contributed by atoms with van der Waals surface area (Å²) in [5.41, 5.74) is 11.8. The molecule has 36 heavy (non-hydrogen) atoms. The Morgan fingerprint density at radius 1 is 1.06 bits per heavy atom. The molecule has 0 aliphatic heterocycles. The van der Waals surface area contributed by atoms with Crippen molar-refractivity contribution in [1.29, 1.82) is 0 Å². The van der Waals surface area contributed by atoms with Gasteiger partial charge in [0.05, 0.1) is 10.9 Å². The van der Waals surface area contributed by atoms with Crippen LogP contribution in [0.1, 0.15) is 18.4 Å². The molecule has 0 radical (unpaired) electrons. The first kappa shape index (κ1) is 24.9. The molecule has 8 nitrogen and oxygen atoms in total. The molecule has 12 heteroatoms. The third-order valence-corrected chi connectivity index (χ3v) is 5.51. The van der Waals surface area contributed by atoms with E-state index in [1.807, 2.05) is 0 Å². The van der Waals surface area contributed by atoms with E-state index >= 15 is 0 Å². The minimum atomic E-state index is -4.56. The number of hydrogen-bond donors (Lipinski definition) is 3. The van der Waals surface area contributed by atoms with Crippen LogP contribution in [0.4, 0.5) is 23.5 Å². The molecule has 0 aliphatic carbocycles. The highest BCUT2D eigenvalue weighted by Crippen LogP contribution is 2.35. The average Bonchev–Trinajstić information content (AvgIpc) is 3.16. The van der Waals surface area contributed by atoms with Gasteiger partial charge in [-0.2, -0.15) is 23.3 Å². The number of nitrogens with one attached hydrogen (secondary N) is 1. The number of aryl methyl sites for hydroxylation is 1. The van der Waals surface area contributed by atoms with Gasteiger partial charge < -0.3 is 16.8 Å². The Bertz CT molecular complexity index is 1390. The number of halogens is 4. The van der Waals surface area contributed by atoms with Crippen LogP contribution in [0.5, 0.6) is 0 Å². The monoisotopic (exact) mass is 500 g/mol. The zero-order valence-electron chi connectivity index (χ0n) is 19.3. The van der Waals surface area contributed by atoms with E-state index in [4.69, 9.17) is 11.5 Å². The summed E-state index contributed by atoms with van der Waals surface area (Å²) in [6.45, 7) is 1.19. The van der Waals surface area contributed by atoms with Crippen LogP contribution in [0.2, 0.25) is 0 Å². The Hall–Kier alpha value is -4.22. The van der Waals surface area contributed by atoms with Crippen LogP contribution in [0.3, 0.4) is 0 Å². The van der Waals surface area contributed by atoms with Gasteiger partial charge in [-0.15, -0.1) is 0 Å². The second-order valence-corrected chi connectivity index (χ2v) is 8.11. The molecule has 5 N–H and O–H groups in total. The number of aliphatic imine (C=N–C) groups is 1. The normalized spacial score (nSPS) is 11.6. The van der Waals surface area contributed by atoms with Crippen molar-refractivity contribution in [3.05, 3.63) is 60.0 Å². The number of nitrogens with two attached hydrogens (primary N) is 2. The molecule has 2 aromatic heterocycles. The molecule has 2 aromatic carbocycles. The van der Waals surface area contributed by atoms with E-state index in [-0.39, 0.29) is 11.5 Å². The molecule has 4 aromatic rings. The SMILES string of the molecule is Cn1nc(-c2ccc(-c3cc(C(F)(F)F)ccc3F)cc2)c2cnc(NCCCCN=C(N)N)nc21. The summed E-state index contributed by atoms with van der Waals surface area (Å²) in [6.07, 6.45) is -1.26. The number of rotatable bonds is 8. The number of guanidine groups is 1. The van der Waals surface area contributed by atoms with E-state index in [1.54, 1.807) is 42.2 Å². The van der Waals surface area contributed by atoms with Gasteiger partial charge in [-0.25, -0.2) is 14.1 Å². The van der Waals surface area contributed by atoms with Crippen molar-refractivity contribution in [3.8, 4) is 22.4 Å². The fourth-order valence-corrected chi connectivity index (χ4v) is 3.71. The first-order valence-corrected chi connectivity index (χ1v) is 11.1. The highest BCUT2D eigenvalue weighted by molar-refractivity contribution is 5.91. The van der Waals surface area contributed by atoms with Crippen LogP contribution < -0.4 is 16.8 Å². The van der Waals surface area contributed by atoms with Gasteiger partial charge in [0.25, 0.3) is 0 Å². The standard InChI is InChI=1S/C24H24F4N8/c1-36-21-18(13-33-23(34-21)32-11-3-2-10-31-22(29)30)20(35-36)15-6-4-14(5-7-15)17-12-16(24(26,27)28)8-9-19(17)25/h4-9,12-13H,2-3,10-11H2,1H3,(H4,29,30,31)(H,32,33,34). The van der Waals surface area contributed by atoms with Crippen molar-refractivity contribution in [1.82, 2.24) is 19.7 Å². The maximum Gasteiger partial charge on any atom is 0.416 e. The molecule has 0 fully saturated rings. The van der Waals surface area contributed by atoms with Gasteiger partial charge in [-0.1, -0.05) is 24.3 Å². The molecular weight excluding hydrogens is 476 g/mol. The quantitative estimate of drug-likeness (QED) is 0.143. The Kier molecular flexibility index (Phi) is 7.04. The molecule has 0 saturated carbocycles. The van der Waals surface area contributed by atoms with Crippen LogP contribution in [-0.4, -0.2) is 38.8 Å². The summed E-state index contributed by atoms with van der Waals surface area (Å²) in [4.78, 5) is 12.8. The summed E-state index contributed by atoms with van der Waals surface area (Å²) >= 11 is 0. The van der Waals surface area contributed by atoms with Crippen molar-refractivity contribution < 1.29 is 17.6 Å². The fraction of sp³-hybridized carbons (Fsp3) is 0.250. The minimum absolute atomic E-state index is 0.0706. The third kappa shape index (κ3) is 5.53. The Labute approximate surface area is 204 Å². The maximum atomic E-state index is 14.3. The van der Waals surface area contributed by atoms with Gasteiger partial charge in [0.2, 0.25) is 5.95 Å². The number of unbranched alkanes of at least 4 members (excludes halogenated alkanes) is 1. The summed E-state index contributed by atoms with van der Waals surface area (Å²) in [6, 6.07) is 8.85. The number of anilines is 1. The lowest BCUT2D eigenvalue weighted by atomic mass is 10.00. The van der Waals surface area contributed by atoms with Crippen molar-refractivity contribution in [2.45, 2.75) is 19.0 Å². The number of hydrogen-bond acceptors (Lipinski definition) is 5. The van der Waals surface area contributed by atoms with Crippen LogP contribution in [0.15, 0.2) is 53.7 Å². The average molecular weight is 501 g/mol. The van der Waals surface area contributed by atoms with Crippen LogP contribution in [-0.2, 0) is 13.2 Å². The molecule has 188 valence electrons. The summed E-state index contributed by atoms with van der Waals surface area (Å²) in [5, 5.41) is 8.39. The van der Waals surface area contributed by atoms with Gasteiger partial charge in [0.1, 0.15) is 11.5 Å². The molecule has 0 bridgehead atoms. The van der Waals surface area contributed by atoms with Gasteiger partial charge in [-0.05, 0) is 36.6 Å². The van der Waals surface area contributed by atoms with Crippen LogP contribution in [0.25, 0.3) is 33.4 Å². The summed E-state index contributed by atoms with van der Waals surface area (Å²) < 4.78 is 55.1. The van der Waals surface area contributed by atoms with E-state index < -0.39 is 17.6 Å². The second-order valence-electron chi connectivity index (χ2n) is 8.11. The Balaban J connectivity index is 1.52. The topological polar surface area (TPSA) is 120 Å². The highest BCUT2D eigenvalue weighted by Gasteiger charge is 2.31. The number of benzene rings is 2. The van der Waals surface area contributed by atoms with E-state index in [0.717, 1.165) is 31.0 Å².